The van der Waals surface area contributed by atoms with Crippen LogP contribution in [0.2, 0.25) is 0 Å². The molecule has 2 saturated heterocycles. The summed E-state index contributed by atoms with van der Waals surface area (Å²) in [5.41, 5.74) is 0.807. The maximum Gasteiger partial charge on any atom is 0.437 e. The highest BCUT2D eigenvalue weighted by Gasteiger charge is 2.53. The summed E-state index contributed by atoms with van der Waals surface area (Å²) in [6.07, 6.45) is -2.86. The highest BCUT2D eigenvalue weighted by atomic mass is 16.6. The molecule has 0 saturated carbocycles. The number of aliphatic hydroxyl groups is 1. The summed E-state index contributed by atoms with van der Waals surface area (Å²) in [5, 5.41) is 13.7. The van der Waals surface area contributed by atoms with Crippen LogP contribution >= 0.6 is 0 Å². The summed E-state index contributed by atoms with van der Waals surface area (Å²) in [4.78, 5) is 46.2. The lowest BCUT2D eigenvalue weighted by atomic mass is 9.94. The van der Waals surface area contributed by atoms with Crippen molar-refractivity contribution in [3.63, 3.8) is 0 Å². The second-order valence-corrected chi connectivity index (χ2v) is 10.8. The van der Waals surface area contributed by atoms with Crippen LogP contribution in [0.25, 0.3) is 0 Å². The van der Waals surface area contributed by atoms with Gasteiger partial charge in [0.1, 0.15) is 18.8 Å². The van der Waals surface area contributed by atoms with Gasteiger partial charge in [-0.2, -0.15) is 0 Å². The molecule has 2 heterocycles. The van der Waals surface area contributed by atoms with Crippen molar-refractivity contribution < 1.29 is 33.7 Å². The Morgan fingerprint density at radius 3 is 2.12 bits per heavy atom. The van der Waals surface area contributed by atoms with Gasteiger partial charge in [-0.25, -0.2) is 19.3 Å². The van der Waals surface area contributed by atoms with Gasteiger partial charge in [0.15, 0.2) is 0 Å². The Labute approximate surface area is 233 Å². The fourth-order valence-corrected chi connectivity index (χ4v) is 4.87. The first-order valence-electron chi connectivity index (χ1n) is 13.3. The van der Waals surface area contributed by atoms with Crippen LogP contribution in [0.1, 0.15) is 45.2 Å². The number of nitrogens with one attached hydrogen (secondary N) is 1. The van der Waals surface area contributed by atoms with E-state index >= 15 is 0 Å². The van der Waals surface area contributed by atoms with E-state index in [0.29, 0.717) is 6.42 Å². The molecule has 3 amide bonds. The normalized spacial score (nSPS) is 23.4. The second kappa shape index (κ2) is 12.4. The zero-order valence-corrected chi connectivity index (χ0v) is 23.1. The van der Waals surface area contributed by atoms with Crippen LogP contribution in [-0.4, -0.2) is 75.5 Å². The number of hydrogen-bond acceptors (Lipinski definition) is 7. The number of nitrogens with zero attached hydrogens (tertiary/aromatic N) is 3. The molecule has 4 atom stereocenters. The van der Waals surface area contributed by atoms with Crippen molar-refractivity contribution in [2.75, 3.05) is 6.54 Å². The monoisotopic (exact) mass is 552 g/mol. The SMILES string of the molecule is C[C@@H]1[C@@H](NC(=O)OC(C)(C)C)[C@@H]2[C@@H](O)CCN2/C(=N\C(=O)OCc2ccccc2)N1C(=O)OCc1ccccc1. The van der Waals surface area contributed by atoms with E-state index < -0.39 is 48.1 Å². The Morgan fingerprint density at radius 2 is 1.55 bits per heavy atom. The lowest BCUT2D eigenvalue weighted by Gasteiger charge is -2.48. The van der Waals surface area contributed by atoms with E-state index in [1.807, 2.05) is 60.7 Å². The van der Waals surface area contributed by atoms with Crippen molar-refractivity contribution in [2.24, 2.45) is 4.99 Å². The number of aliphatic imine (C=N–C) groups is 1. The molecule has 40 heavy (non-hydrogen) atoms. The maximum atomic E-state index is 13.5. The summed E-state index contributed by atoms with van der Waals surface area (Å²) >= 11 is 0. The van der Waals surface area contributed by atoms with Crippen LogP contribution in [0.15, 0.2) is 65.7 Å². The fourth-order valence-electron chi connectivity index (χ4n) is 4.87. The molecule has 0 aliphatic carbocycles. The Morgan fingerprint density at radius 1 is 0.975 bits per heavy atom. The first-order chi connectivity index (χ1) is 19.0. The van der Waals surface area contributed by atoms with Crippen LogP contribution in [0, 0.1) is 0 Å². The van der Waals surface area contributed by atoms with Gasteiger partial charge < -0.3 is 29.5 Å². The summed E-state index contributed by atoms with van der Waals surface area (Å²) in [6, 6.07) is 16.1. The van der Waals surface area contributed by atoms with Gasteiger partial charge in [0.2, 0.25) is 5.96 Å². The Kier molecular flexibility index (Phi) is 8.93. The minimum atomic E-state index is -0.898. The minimum absolute atomic E-state index is 0.000656. The van der Waals surface area contributed by atoms with Crippen LogP contribution in [0.3, 0.4) is 0 Å². The van der Waals surface area contributed by atoms with E-state index in [4.69, 9.17) is 14.2 Å². The standard InChI is InChI=1S/C29H36N4O7/c1-19-23(30-27(36)40-29(2,3)4)24-22(34)15-16-32(24)25(31-26(35)38-17-20-11-7-5-8-12-20)33(19)28(37)39-18-21-13-9-6-10-14-21/h5-14,19,22-24,34H,15-18H2,1-4H3,(H,30,36)/b31-25+/t19-,22+,23-,24+/m1/s1. The van der Waals surface area contributed by atoms with Gasteiger partial charge in [0, 0.05) is 6.54 Å². The van der Waals surface area contributed by atoms with E-state index in [2.05, 4.69) is 10.3 Å². The molecule has 2 aromatic rings. The maximum absolute atomic E-state index is 13.5. The lowest BCUT2D eigenvalue weighted by molar-refractivity contribution is 0.0239. The van der Waals surface area contributed by atoms with Gasteiger partial charge >= 0.3 is 18.3 Å². The molecule has 0 aromatic heterocycles. The first-order valence-corrected chi connectivity index (χ1v) is 13.3. The predicted molar refractivity (Wildman–Crippen MR) is 146 cm³/mol. The number of carbonyl (C=O) groups excluding carboxylic acids is 3. The molecule has 0 spiro atoms. The number of guanidine groups is 1. The number of carbonyl (C=O) groups is 3. The number of aliphatic hydroxyl groups excluding tert-OH is 1. The molecule has 0 unspecified atom stereocenters. The molecule has 0 bridgehead atoms. The summed E-state index contributed by atoms with van der Waals surface area (Å²) in [6.45, 7) is 7.20. The summed E-state index contributed by atoms with van der Waals surface area (Å²) in [5.74, 6) is -0.00703. The lowest BCUT2D eigenvalue weighted by Crippen LogP contribution is -2.71. The van der Waals surface area contributed by atoms with E-state index in [9.17, 15) is 19.5 Å². The zero-order chi connectivity index (χ0) is 28.9. The van der Waals surface area contributed by atoms with Crippen molar-refractivity contribution in [3.8, 4) is 0 Å². The molecule has 214 valence electrons. The van der Waals surface area contributed by atoms with Crippen LogP contribution in [0.5, 0.6) is 0 Å². The van der Waals surface area contributed by atoms with Gasteiger partial charge in [-0.05, 0) is 45.2 Å². The molecule has 2 fully saturated rings. The molecule has 11 heteroatoms. The highest BCUT2D eigenvalue weighted by Crippen LogP contribution is 2.32. The van der Waals surface area contributed by atoms with Crippen molar-refractivity contribution >= 4 is 24.2 Å². The third-order valence-electron chi connectivity index (χ3n) is 6.67. The number of rotatable bonds is 5. The van der Waals surface area contributed by atoms with Crippen LogP contribution < -0.4 is 5.32 Å². The number of fused-ring (bicyclic) bond motifs is 1. The van der Waals surface area contributed by atoms with Crippen LogP contribution in [-0.2, 0) is 27.4 Å². The molecule has 0 radical (unpaired) electrons. The van der Waals surface area contributed by atoms with Crippen molar-refractivity contribution in [3.05, 3.63) is 71.8 Å². The largest absolute Gasteiger partial charge is 0.444 e. The summed E-state index contributed by atoms with van der Waals surface area (Å²) in [7, 11) is 0. The third-order valence-corrected chi connectivity index (χ3v) is 6.67. The topological polar surface area (TPSA) is 130 Å². The number of benzene rings is 2. The number of alkyl carbamates (subject to hydrolysis) is 1. The fraction of sp³-hybridized carbons (Fsp3) is 0.448. The Bertz CT molecular complexity index is 1220. The molecule has 11 nitrogen and oxygen atoms in total. The van der Waals surface area contributed by atoms with E-state index in [1.54, 1.807) is 32.6 Å². The van der Waals surface area contributed by atoms with Gasteiger partial charge in [-0.15, -0.1) is 4.99 Å². The highest BCUT2D eigenvalue weighted by molar-refractivity contribution is 6.00. The third kappa shape index (κ3) is 7.09. The van der Waals surface area contributed by atoms with Gasteiger partial charge in [0.25, 0.3) is 0 Å². The second-order valence-electron chi connectivity index (χ2n) is 10.8. The first kappa shape index (κ1) is 28.9. The summed E-state index contributed by atoms with van der Waals surface area (Å²) < 4.78 is 16.4. The van der Waals surface area contributed by atoms with Crippen molar-refractivity contribution in [1.29, 1.82) is 0 Å². The Hall–Kier alpha value is -4.12. The molecular weight excluding hydrogens is 516 g/mol. The van der Waals surface area contributed by atoms with Crippen molar-refractivity contribution in [1.82, 2.24) is 15.1 Å². The number of hydrogen-bond donors (Lipinski definition) is 2. The average Bonchev–Trinajstić information content (AvgIpc) is 3.30. The number of amides is 3. The average molecular weight is 553 g/mol. The van der Waals surface area contributed by atoms with Gasteiger partial charge in [-0.1, -0.05) is 60.7 Å². The van der Waals surface area contributed by atoms with E-state index in [-0.39, 0.29) is 25.7 Å². The zero-order valence-electron chi connectivity index (χ0n) is 23.1. The molecule has 2 aromatic carbocycles. The molecule has 2 N–H and O–H groups in total. The smallest absolute Gasteiger partial charge is 0.437 e. The van der Waals surface area contributed by atoms with E-state index in [1.165, 1.54) is 4.90 Å². The molecular formula is C29H36N4O7. The Balaban J connectivity index is 1.62. The van der Waals surface area contributed by atoms with Gasteiger partial charge in [0.05, 0.1) is 24.2 Å². The molecule has 2 aliphatic rings. The molecule has 2 aliphatic heterocycles. The van der Waals surface area contributed by atoms with Crippen LogP contribution in [0.4, 0.5) is 14.4 Å². The van der Waals surface area contributed by atoms with E-state index in [0.717, 1.165) is 11.1 Å². The van der Waals surface area contributed by atoms with Crippen molar-refractivity contribution in [2.45, 2.75) is 77.2 Å². The molecule has 4 rings (SSSR count). The minimum Gasteiger partial charge on any atom is -0.444 e. The van der Waals surface area contributed by atoms with Gasteiger partial charge in [-0.3, -0.25) is 0 Å². The number of ether oxygens (including phenoxy) is 3. The quantitative estimate of drug-likeness (QED) is 0.532. The predicted octanol–water partition coefficient (Wildman–Crippen LogP) is 4.05.